The van der Waals surface area contributed by atoms with Gasteiger partial charge in [-0.25, -0.2) is 9.59 Å². The molecule has 136 valence electrons. The maximum atomic E-state index is 11.7. The van der Waals surface area contributed by atoms with Crippen molar-refractivity contribution in [1.29, 1.82) is 0 Å². The number of esters is 1. The molecule has 0 bridgehead atoms. The second kappa shape index (κ2) is 9.38. The monoisotopic (exact) mass is 374 g/mol. The van der Waals surface area contributed by atoms with Gasteiger partial charge in [0, 0.05) is 21.5 Å². The summed E-state index contributed by atoms with van der Waals surface area (Å²) < 4.78 is 9.79. The van der Waals surface area contributed by atoms with Crippen LogP contribution in [0.5, 0.6) is 5.75 Å². The summed E-state index contributed by atoms with van der Waals surface area (Å²) in [6.45, 7) is 1.41. The Labute approximate surface area is 154 Å². The van der Waals surface area contributed by atoms with Gasteiger partial charge in [-0.1, -0.05) is 0 Å². The van der Waals surface area contributed by atoms with Crippen LogP contribution in [-0.4, -0.2) is 31.6 Å². The van der Waals surface area contributed by atoms with E-state index in [0.717, 1.165) is 9.75 Å². The predicted molar refractivity (Wildman–Crippen MR) is 99.2 cm³/mol. The molecular weight excluding hydrogens is 356 g/mol. The molecule has 1 aromatic heterocycles. The Bertz CT molecular complexity index is 811. The number of thiophene rings is 1. The molecule has 0 aliphatic rings. The molecule has 26 heavy (non-hydrogen) atoms. The zero-order chi connectivity index (χ0) is 18.9. The molecule has 7 nitrogen and oxygen atoms in total. The molecule has 2 rings (SSSR count). The smallest absolute Gasteiger partial charge is 0.331 e. The minimum Gasteiger partial charge on any atom is -0.497 e. The lowest BCUT2D eigenvalue weighted by Crippen LogP contribution is -2.37. The minimum atomic E-state index is -0.732. The third-order valence-corrected chi connectivity index (χ3v) is 4.06. The van der Waals surface area contributed by atoms with Gasteiger partial charge in [0.25, 0.3) is 5.91 Å². The third-order valence-electron chi connectivity index (χ3n) is 3.09. The van der Waals surface area contributed by atoms with Crippen LogP contribution in [0.4, 0.5) is 10.5 Å². The summed E-state index contributed by atoms with van der Waals surface area (Å²) >= 11 is 1.53. The first kappa shape index (κ1) is 19.2. The lowest BCUT2D eigenvalue weighted by molar-refractivity contribution is -0.143. The molecule has 0 spiro atoms. The molecule has 2 N–H and O–H groups in total. The number of carbonyl (C=O) groups excluding carboxylic acids is 3. The molecule has 0 radical (unpaired) electrons. The average Bonchev–Trinajstić information content (AvgIpc) is 3.04. The maximum Gasteiger partial charge on any atom is 0.331 e. The minimum absolute atomic E-state index is 0.488. The molecule has 8 heteroatoms. The van der Waals surface area contributed by atoms with Crippen molar-refractivity contribution in [3.8, 4) is 5.75 Å². The van der Waals surface area contributed by atoms with E-state index in [9.17, 15) is 14.4 Å². The number of ether oxygens (including phenoxy) is 2. The van der Waals surface area contributed by atoms with Crippen LogP contribution in [0.25, 0.3) is 6.08 Å². The van der Waals surface area contributed by atoms with Crippen molar-refractivity contribution >= 4 is 41.0 Å². The number of urea groups is 1. The first-order valence-electron chi connectivity index (χ1n) is 7.62. The van der Waals surface area contributed by atoms with E-state index in [1.54, 1.807) is 30.3 Å². The quantitative estimate of drug-likeness (QED) is 0.599. The Morgan fingerprint density at radius 1 is 1.12 bits per heavy atom. The zero-order valence-electron chi connectivity index (χ0n) is 14.3. The summed E-state index contributed by atoms with van der Waals surface area (Å²) in [6.07, 6.45) is 2.84. The van der Waals surface area contributed by atoms with Crippen molar-refractivity contribution in [2.45, 2.75) is 6.92 Å². The zero-order valence-corrected chi connectivity index (χ0v) is 15.1. The maximum absolute atomic E-state index is 11.7. The Balaban J connectivity index is 1.72. The number of anilines is 1. The summed E-state index contributed by atoms with van der Waals surface area (Å²) in [6, 6.07) is 9.67. The van der Waals surface area contributed by atoms with Gasteiger partial charge in [0.05, 0.1) is 7.11 Å². The topological polar surface area (TPSA) is 93.7 Å². The van der Waals surface area contributed by atoms with E-state index in [0.29, 0.717) is 11.4 Å². The van der Waals surface area contributed by atoms with E-state index in [1.165, 1.54) is 24.5 Å². The number of aryl methyl sites for hydroxylation is 1. The average molecular weight is 374 g/mol. The number of carbonyl (C=O) groups is 3. The highest BCUT2D eigenvalue weighted by molar-refractivity contribution is 7.12. The fourth-order valence-corrected chi connectivity index (χ4v) is 2.66. The first-order chi connectivity index (χ1) is 12.5. The largest absolute Gasteiger partial charge is 0.497 e. The van der Waals surface area contributed by atoms with Crippen molar-refractivity contribution in [3.05, 3.63) is 52.2 Å². The van der Waals surface area contributed by atoms with Crippen molar-refractivity contribution in [3.63, 3.8) is 0 Å². The Kier molecular flexibility index (Phi) is 6.92. The van der Waals surface area contributed by atoms with Crippen LogP contribution in [0.15, 0.2) is 42.5 Å². The summed E-state index contributed by atoms with van der Waals surface area (Å²) in [5.41, 5.74) is 0.488. The standard InChI is InChI=1S/C18H18N2O5S/c1-12-3-8-15(26-12)9-10-17(22)25-11-16(21)20-18(23)19-13-4-6-14(24-2)7-5-13/h3-10H,11H2,1-2H3,(H2,19,20,21,23)/b10-9+. The van der Waals surface area contributed by atoms with Gasteiger partial charge in [0.15, 0.2) is 6.61 Å². The van der Waals surface area contributed by atoms with Gasteiger partial charge in [-0.2, -0.15) is 0 Å². The Morgan fingerprint density at radius 2 is 1.85 bits per heavy atom. The molecule has 0 aliphatic heterocycles. The van der Waals surface area contributed by atoms with Crippen molar-refractivity contribution < 1.29 is 23.9 Å². The van der Waals surface area contributed by atoms with Crippen LogP contribution in [0.3, 0.4) is 0 Å². The highest BCUT2D eigenvalue weighted by atomic mass is 32.1. The van der Waals surface area contributed by atoms with E-state index < -0.39 is 24.5 Å². The lowest BCUT2D eigenvalue weighted by atomic mass is 10.3. The van der Waals surface area contributed by atoms with E-state index in [-0.39, 0.29) is 0 Å². The number of rotatable bonds is 6. The van der Waals surface area contributed by atoms with E-state index in [2.05, 4.69) is 10.6 Å². The van der Waals surface area contributed by atoms with Crippen molar-refractivity contribution in [1.82, 2.24) is 5.32 Å². The Morgan fingerprint density at radius 3 is 2.46 bits per heavy atom. The molecule has 0 saturated carbocycles. The molecule has 0 atom stereocenters. The van der Waals surface area contributed by atoms with Gasteiger partial charge >= 0.3 is 12.0 Å². The predicted octanol–water partition coefficient (Wildman–Crippen LogP) is 2.97. The number of hydrogen-bond acceptors (Lipinski definition) is 6. The second-order valence-electron chi connectivity index (χ2n) is 5.12. The van der Waals surface area contributed by atoms with Gasteiger partial charge in [-0.15, -0.1) is 11.3 Å². The number of amides is 3. The van der Waals surface area contributed by atoms with Crippen LogP contribution in [-0.2, 0) is 14.3 Å². The van der Waals surface area contributed by atoms with Gasteiger partial charge < -0.3 is 14.8 Å². The highest BCUT2D eigenvalue weighted by Gasteiger charge is 2.10. The fraction of sp³-hybridized carbons (Fsp3) is 0.167. The van der Waals surface area contributed by atoms with Crippen molar-refractivity contribution in [2.24, 2.45) is 0 Å². The van der Waals surface area contributed by atoms with Crippen LogP contribution >= 0.6 is 11.3 Å². The summed E-state index contributed by atoms with van der Waals surface area (Å²) in [4.78, 5) is 36.9. The van der Waals surface area contributed by atoms with Gasteiger partial charge in [-0.05, 0) is 49.4 Å². The summed E-state index contributed by atoms with van der Waals surface area (Å²) in [7, 11) is 1.53. The lowest BCUT2D eigenvalue weighted by Gasteiger charge is -2.07. The van der Waals surface area contributed by atoms with Gasteiger partial charge in [0.1, 0.15) is 5.75 Å². The Hall–Kier alpha value is -3.13. The summed E-state index contributed by atoms with van der Waals surface area (Å²) in [5.74, 6) is -0.754. The summed E-state index contributed by atoms with van der Waals surface area (Å²) in [5, 5.41) is 4.55. The van der Waals surface area contributed by atoms with Crippen LogP contribution in [0, 0.1) is 6.92 Å². The molecule has 0 fully saturated rings. The van der Waals surface area contributed by atoms with Crippen LogP contribution in [0.1, 0.15) is 9.75 Å². The number of nitrogens with one attached hydrogen (secondary N) is 2. The highest BCUT2D eigenvalue weighted by Crippen LogP contribution is 2.16. The molecule has 0 unspecified atom stereocenters. The third kappa shape index (κ3) is 6.40. The SMILES string of the molecule is COc1ccc(NC(=O)NC(=O)COC(=O)/C=C/c2ccc(C)s2)cc1. The van der Waals surface area contributed by atoms with E-state index in [1.807, 2.05) is 19.1 Å². The molecule has 2 aromatic rings. The van der Waals surface area contributed by atoms with Crippen LogP contribution < -0.4 is 15.4 Å². The molecule has 1 heterocycles. The molecule has 1 aromatic carbocycles. The first-order valence-corrected chi connectivity index (χ1v) is 8.44. The molecule has 3 amide bonds. The number of hydrogen-bond donors (Lipinski definition) is 2. The van der Waals surface area contributed by atoms with Crippen LogP contribution in [0.2, 0.25) is 0 Å². The number of imide groups is 1. The normalized spacial score (nSPS) is 10.4. The fourth-order valence-electron chi connectivity index (χ4n) is 1.88. The second-order valence-corrected chi connectivity index (χ2v) is 6.44. The molecule has 0 saturated heterocycles. The van der Waals surface area contributed by atoms with E-state index >= 15 is 0 Å². The number of methoxy groups -OCH3 is 1. The molecular formula is C18H18N2O5S. The molecule has 0 aliphatic carbocycles. The number of benzene rings is 1. The van der Waals surface area contributed by atoms with Crippen molar-refractivity contribution in [2.75, 3.05) is 19.0 Å². The van der Waals surface area contributed by atoms with Gasteiger partial charge in [0.2, 0.25) is 0 Å². The van der Waals surface area contributed by atoms with Gasteiger partial charge in [-0.3, -0.25) is 10.1 Å². The van der Waals surface area contributed by atoms with E-state index in [4.69, 9.17) is 9.47 Å².